The molecule has 1 aromatic carbocycles. The van der Waals surface area contributed by atoms with E-state index >= 15 is 0 Å². The lowest BCUT2D eigenvalue weighted by Gasteiger charge is -2.26. The number of rotatable bonds is 1. The number of carbonyl (C=O) groups is 3. The van der Waals surface area contributed by atoms with Gasteiger partial charge in [0.25, 0.3) is 0 Å². The van der Waals surface area contributed by atoms with Crippen molar-refractivity contribution in [2.45, 2.75) is 12.5 Å². The van der Waals surface area contributed by atoms with Crippen LogP contribution in [0.2, 0.25) is 0 Å². The number of benzene rings is 1. The van der Waals surface area contributed by atoms with Gasteiger partial charge in [-0.2, -0.15) is 0 Å². The van der Waals surface area contributed by atoms with Crippen molar-refractivity contribution in [3.63, 3.8) is 0 Å². The van der Waals surface area contributed by atoms with Gasteiger partial charge in [0.15, 0.2) is 0 Å². The van der Waals surface area contributed by atoms with Crippen LogP contribution in [0, 0.1) is 0 Å². The van der Waals surface area contributed by atoms with Crippen LogP contribution in [0.3, 0.4) is 0 Å². The fourth-order valence-corrected chi connectivity index (χ4v) is 2.62. The Kier molecular flexibility index (Phi) is 5.33. The van der Waals surface area contributed by atoms with Crippen LogP contribution >= 0.6 is 0 Å². The first-order valence-corrected chi connectivity index (χ1v) is 7.38. The molecule has 1 heterocycles. The van der Waals surface area contributed by atoms with Crippen LogP contribution in [0.5, 0.6) is 0 Å². The molecule has 2 rings (SSSR count). The Bertz CT molecular complexity index is 617. The molecule has 0 saturated carbocycles. The molecule has 1 unspecified atom stereocenters. The molecule has 23 heavy (non-hydrogen) atoms. The van der Waals surface area contributed by atoms with E-state index in [-0.39, 0.29) is 25.4 Å². The Balaban J connectivity index is 2.41. The Morgan fingerprint density at radius 2 is 2.00 bits per heavy atom. The first-order valence-electron chi connectivity index (χ1n) is 7.38. The molecule has 1 aliphatic rings. The molecule has 0 aliphatic carbocycles. The lowest BCUT2D eigenvalue weighted by atomic mass is 10.1. The van der Waals surface area contributed by atoms with E-state index in [2.05, 4.69) is 5.32 Å². The summed E-state index contributed by atoms with van der Waals surface area (Å²) in [4.78, 5) is 39.1. The topological polar surface area (TPSA) is 79.0 Å². The van der Waals surface area contributed by atoms with Crippen LogP contribution in [-0.4, -0.2) is 56.9 Å². The van der Waals surface area contributed by atoms with Crippen LogP contribution < -0.4 is 10.2 Å². The Morgan fingerprint density at radius 1 is 1.30 bits per heavy atom. The zero-order chi connectivity index (χ0) is 17.0. The van der Waals surface area contributed by atoms with Crippen molar-refractivity contribution in [1.29, 1.82) is 0 Å². The van der Waals surface area contributed by atoms with Gasteiger partial charge < -0.3 is 19.9 Å². The fourth-order valence-electron chi connectivity index (χ4n) is 2.62. The molecule has 1 aromatic rings. The van der Waals surface area contributed by atoms with Crippen molar-refractivity contribution in [2.24, 2.45) is 0 Å². The van der Waals surface area contributed by atoms with E-state index in [1.807, 2.05) is 24.3 Å². The van der Waals surface area contributed by atoms with Gasteiger partial charge in [-0.15, -0.1) is 0 Å². The predicted molar refractivity (Wildman–Crippen MR) is 84.9 cm³/mol. The number of ether oxygens (including phenoxy) is 1. The van der Waals surface area contributed by atoms with Crippen molar-refractivity contribution in [3.05, 3.63) is 29.8 Å². The second-order valence-electron chi connectivity index (χ2n) is 5.32. The molecule has 0 spiro atoms. The van der Waals surface area contributed by atoms with Crippen molar-refractivity contribution in [2.75, 3.05) is 39.2 Å². The third-order valence-corrected chi connectivity index (χ3v) is 3.99. The number of hydrogen-bond acceptors (Lipinski definition) is 4. The van der Waals surface area contributed by atoms with Crippen molar-refractivity contribution < 1.29 is 19.1 Å². The van der Waals surface area contributed by atoms with Gasteiger partial charge in [-0.1, -0.05) is 18.2 Å². The smallest absolute Gasteiger partial charge is 0.311 e. The molecule has 0 bridgehead atoms. The Labute approximate surface area is 135 Å². The summed E-state index contributed by atoms with van der Waals surface area (Å²) < 4.78 is 5.52. The van der Waals surface area contributed by atoms with Crippen LogP contribution in [0.15, 0.2) is 24.3 Å². The molecule has 1 N–H and O–H groups in total. The number of fused-ring (bicyclic) bond motifs is 1. The van der Waals surface area contributed by atoms with E-state index in [1.54, 1.807) is 19.1 Å². The molecule has 0 saturated heterocycles. The fraction of sp³-hybridized carbons (Fsp3) is 0.438. The summed E-state index contributed by atoms with van der Waals surface area (Å²) in [5.41, 5.74) is 1.56. The van der Waals surface area contributed by atoms with E-state index in [1.165, 1.54) is 11.9 Å². The van der Waals surface area contributed by atoms with Crippen molar-refractivity contribution in [3.8, 4) is 0 Å². The van der Waals surface area contributed by atoms with Gasteiger partial charge in [0.05, 0.1) is 6.54 Å². The Hall–Kier alpha value is -2.41. The van der Waals surface area contributed by atoms with Crippen LogP contribution in [-0.2, 0) is 19.1 Å². The van der Waals surface area contributed by atoms with E-state index in [0.29, 0.717) is 0 Å². The van der Waals surface area contributed by atoms with Gasteiger partial charge in [-0.05, 0) is 6.07 Å². The number of nitrogens with one attached hydrogen (secondary N) is 1. The molecule has 0 radical (unpaired) electrons. The minimum absolute atomic E-state index is 0.121. The quantitative estimate of drug-likeness (QED) is 0.756. The van der Waals surface area contributed by atoms with Gasteiger partial charge in [0, 0.05) is 45.4 Å². The molecule has 0 aromatic heterocycles. The summed E-state index contributed by atoms with van der Waals surface area (Å²) in [6, 6.07) is 7.41. The molecular formula is C16H21N3O4. The highest BCUT2D eigenvalue weighted by atomic mass is 16.5. The number of methoxy groups -OCH3 is 1. The first kappa shape index (κ1) is 17.0. The monoisotopic (exact) mass is 319 g/mol. The number of hydrogen-bond donors (Lipinski definition) is 1. The second kappa shape index (κ2) is 7.23. The van der Waals surface area contributed by atoms with Crippen molar-refractivity contribution >= 4 is 23.4 Å². The number of carbonyl (C=O) groups excluding carboxylic acids is 3. The van der Waals surface area contributed by atoms with Crippen molar-refractivity contribution in [1.82, 2.24) is 10.2 Å². The predicted octanol–water partition coefficient (Wildman–Crippen LogP) is 0.315. The van der Waals surface area contributed by atoms with Gasteiger partial charge in [-0.25, -0.2) is 0 Å². The molecule has 1 atom stereocenters. The van der Waals surface area contributed by atoms with E-state index in [9.17, 15) is 14.4 Å². The maximum atomic E-state index is 12.3. The molecule has 0 fully saturated rings. The molecular weight excluding hydrogens is 298 g/mol. The third-order valence-electron chi connectivity index (χ3n) is 3.99. The second-order valence-corrected chi connectivity index (χ2v) is 5.32. The van der Waals surface area contributed by atoms with Gasteiger partial charge in [0.1, 0.15) is 6.10 Å². The van der Waals surface area contributed by atoms with E-state index in [0.717, 1.165) is 11.3 Å². The summed E-state index contributed by atoms with van der Waals surface area (Å²) in [7, 11) is 4.65. The standard InChI is InChI=1S/C16H21N3O4/c1-17-15(21)16(22)19-9-8-14(20)18(2)12-7-5-4-6-11(12)13(10-19)23-3/h4-7,13H,8-10H2,1-3H3,(H,17,21). The average Bonchev–Trinajstić information content (AvgIpc) is 2.63. The van der Waals surface area contributed by atoms with Gasteiger partial charge >= 0.3 is 11.8 Å². The number of nitrogens with zero attached hydrogens (tertiary/aromatic N) is 2. The van der Waals surface area contributed by atoms with Gasteiger partial charge in [-0.3, -0.25) is 14.4 Å². The van der Waals surface area contributed by atoms with E-state index in [4.69, 9.17) is 4.74 Å². The minimum Gasteiger partial charge on any atom is -0.375 e. The number of para-hydroxylation sites is 1. The lowest BCUT2D eigenvalue weighted by Crippen LogP contribution is -2.44. The first-order chi connectivity index (χ1) is 11.0. The zero-order valence-electron chi connectivity index (χ0n) is 13.5. The number of likely N-dealkylation sites (N-methyl/N-ethyl adjacent to an activating group) is 1. The summed E-state index contributed by atoms with van der Waals surface area (Å²) in [5, 5.41) is 2.32. The SMILES string of the molecule is CNC(=O)C(=O)N1CCC(=O)N(C)c2ccccc2C(OC)C1. The van der Waals surface area contributed by atoms with Crippen LogP contribution in [0.1, 0.15) is 18.1 Å². The molecule has 7 nitrogen and oxygen atoms in total. The summed E-state index contributed by atoms with van der Waals surface area (Å²) in [6.07, 6.45) is -0.280. The van der Waals surface area contributed by atoms with Crippen LogP contribution in [0.4, 0.5) is 5.69 Å². The summed E-state index contributed by atoms with van der Waals surface area (Å²) in [6.45, 7) is 0.379. The minimum atomic E-state index is -0.701. The molecule has 1 aliphatic heterocycles. The molecule has 124 valence electrons. The highest BCUT2D eigenvalue weighted by molar-refractivity contribution is 6.34. The third kappa shape index (κ3) is 3.50. The highest BCUT2D eigenvalue weighted by Gasteiger charge is 2.29. The number of anilines is 1. The van der Waals surface area contributed by atoms with Crippen LogP contribution in [0.25, 0.3) is 0 Å². The summed E-state index contributed by atoms with van der Waals surface area (Å²) >= 11 is 0. The maximum absolute atomic E-state index is 12.3. The molecule has 3 amide bonds. The lowest BCUT2D eigenvalue weighted by molar-refractivity contribution is -0.146. The van der Waals surface area contributed by atoms with Gasteiger partial charge in [0.2, 0.25) is 5.91 Å². The highest BCUT2D eigenvalue weighted by Crippen LogP contribution is 2.30. The number of amides is 3. The summed E-state index contributed by atoms with van der Waals surface area (Å²) in [5.74, 6) is -1.48. The normalized spacial score (nSPS) is 18.6. The Morgan fingerprint density at radius 3 is 2.65 bits per heavy atom. The maximum Gasteiger partial charge on any atom is 0.311 e. The molecule has 7 heteroatoms. The largest absolute Gasteiger partial charge is 0.375 e. The zero-order valence-corrected chi connectivity index (χ0v) is 13.5. The average molecular weight is 319 g/mol. The van der Waals surface area contributed by atoms with E-state index < -0.39 is 17.9 Å².